The van der Waals surface area contributed by atoms with Gasteiger partial charge < -0.3 is 24.8 Å². The summed E-state index contributed by atoms with van der Waals surface area (Å²) in [5, 5.41) is 13.5. The smallest absolute Gasteiger partial charge is 0.403 e. The largest absolute Gasteiger partial charge is 0.496 e. The quantitative estimate of drug-likeness (QED) is 0.185. The van der Waals surface area contributed by atoms with E-state index < -0.39 is 68.2 Å². The molecule has 5 rings (SSSR count). The molecule has 3 aromatic carbocycles. The maximum Gasteiger partial charge on any atom is 0.403 e. The molecule has 53 heavy (non-hydrogen) atoms. The highest BCUT2D eigenvalue weighted by molar-refractivity contribution is 6.01. The molecule has 290 valence electrons. The lowest BCUT2D eigenvalue weighted by Crippen LogP contribution is -2.59. The molecule has 0 aromatic heterocycles. The average Bonchev–Trinajstić information content (AvgIpc) is 3.09. The number of ether oxygens (including phenoxy) is 2. The number of alkyl halides is 6. The van der Waals surface area contributed by atoms with Crippen molar-refractivity contribution in [3.63, 3.8) is 0 Å². The van der Waals surface area contributed by atoms with Crippen LogP contribution in [-0.4, -0.2) is 98.7 Å². The van der Waals surface area contributed by atoms with Crippen LogP contribution >= 0.6 is 0 Å². The van der Waals surface area contributed by atoms with Crippen LogP contribution in [0.4, 0.5) is 26.3 Å². The highest BCUT2D eigenvalue weighted by Gasteiger charge is 2.61. The Hall–Kier alpha value is -4.04. The zero-order valence-electron chi connectivity index (χ0n) is 30.4. The van der Waals surface area contributed by atoms with Gasteiger partial charge in [-0.15, -0.1) is 0 Å². The predicted octanol–water partition coefficient (Wildman–Crippen LogP) is 7.51. The number of carboxylic acid groups (broad SMARTS) is 1. The zero-order valence-corrected chi connectivity index (χ0v) is 30.4. The molecule has 2 aliphatic heterocycles. The number of carbonyl (C=O) groups excluding carboxylic acids is 1. The van der Waals surface area contributed by atoms with E-state index in [9.17, 15) is 41.0 Å². The van der Waals surface area contributed by atoms with Gasteiger partial charge >= 0.3 is 18.3 Å². The summed E-state index contributed by atoms with van der Waals surface area (Å²) in [4.78, 5) is 29.1. The summed E-state index contributed by atoms with van der Waals surface area (Å²) < 4.78 is 93.9. The third-order valence-electron chi connectivity index (χ3n) is 10.9. The topological polar surface area (TPSA) is 91.3 Å². The molecule has 8 nitrogen and oxygen atoms in total. The average molecular weight is 752 g/mol. The number of halogens is 6. The molecule has 3 aromatic rings. The number of nitrogens with one attached hydrogen (secondary N) is 1. The van der Waals surface area contributed by atoms with Gasteiger partial charge in [-0.25, -0.2) is 4.79 Å². The number of fused-ring (bicyclic) bond motifs is 1. The van der Waals surface area contributed by atoms with E-state index in [1.54, 1.807) is 38.5 Å². The van der Waals surface area contributed by atoms with Crippen LogP contribution in [0.1, 0.15) is 50.7 Å². The fraction of sp³-hybridized carbons (Fsp3) is 0.538. The van der Waals surface area contributed by atoms with Crippen molar-refractivity contribution in [3.8, 4) is 22.6 Å². The second-order valence-electron chi connectivity index (χ2n) is 14.9. The number of nitrogens with zero attached hydrogens (tertiary/aromatic N) is 2. The number of piperidine rings is 2. The first-order valence-electron chi connectivity index (χ1n) is 17.7. The van der Waals surface area contributed by atoms with Crippen molar-refractivity contribution in [1.82, 2.24) is 15.1 Å². The molecular weight excluding hydrogens is 704 g/mol. The minimum absolute atomic E-state index is 0.330. The predicted molar refractivity (Wildman–Crippen MR) is 189 cm³/mol. The number of benzene rings is 3. The van der Waals surface area contributed by atoms with Crippen molar-refractivity contribution in [1.29, 1.82) is 0 Å². The second kappa shape index (κ2) is 15.7. The summed E-state index contributed by atoms with van der Waals surface area (Å²) in [5.41, 5.74) is 0.172. The van der Waals surface area contributed by atoms with Gasteiger partial charge in [-0.05, 0) is 97.2 Å². The molecule has 0 aliphatic carbocycles. The van der Waals surface area contributed by atoms with Crippen LogP contribution in [0.15, 0.2) is 48.5 Å². The first-order chi connectivity index (χ1) is 24.9. The van der Waals surface area contributed by atoms with E-state index in [1.165, 1.54) is 0 Å². The zero-order chi connectivity index (χ0) is 38.8. The number of carbonyl (C=O) groups is 2. The van der Waals surface area contributed by atoms with Gasteiger partial charge in [0.25, 0.3) is 0 Å². The van der Waals surface area contributed by atoms with Crippen molar-refractivity contribution >= 4 is 22.6 Å². The van der Waals surface area contributed by atoms with E-state index >= 15 is 0 Å². The summed E-state index contributed by atoms with van der Waals surface area (Å²) in [5.74, 6) is -1.93. The number of hydrogen-bond acceptors (Lipinski definition) is 6. The highest BCUT2D eigenvalue weighted by Crippen LogP contribution is 2.48. The first-order valence-corrected chi connectivity index (χ1v) is 17.7. The second-order valence-corrected chi connectivity index (χ2v) is 14.9. The summed E-state index contributed by atoms with van der Waals surface area (Å²) in [7, 11) is 3.15. The summed E-state index contributed by atoms with van der Waals surface area (Å²) >= 11 is 0. The van der Waals surface area contributed by atoms with Crippen molar-refractivity contribution in [2.24, 2.45) is 10.8 Å². The van der Waals surface area contributed by atoms with Crippen molar-refractivity contribution < 1.29 is 50.5 Å². The number of aliphatic carboxylic acids is 1. The monoisotopic (exact) mass is 751 g/mol. The molecule has 2 heterocycles. The van der Waals surface area contributed by atoms with Crippen LogP contribution in [-0.2, 0) is 22.4 Å². The Balaban J connectivity index is 1.43. The SMILES string of the molecule is COc1ccc(CCN2CCC(C)(C)CC2)c(OC)c1-c1cccc2c(C[C@H](NC(=O)C3(C(F)(F)F)CCN(CC(F)(F)F)CC3)C(=O)O)cccc12. The van der Waals surface area contributed by atoms with Gasteiger partial charge in [-0.3, -0.25) is 9.69 Å². The van der Waals surface area contributed by atoms with Crippen LogP contribution in [0.5, 0.6) is 11.5 Å². The molecule has 0 unspecified atom stereocenters. The van der Waals surface area contributed by atoms with E-state index in [0.29, 0.717) is 38.8 Å². The van der Waals surface area contributed by atoms with Gasteiger partial charge in [-0.1, -0.05) is 56.3 Å². The maximum atomic E-state index is 14.5. The van der Waals surface area contributed by atoms with Gasteiger partial charge in [0.1, 0.15) is 23.0 Å². The summed E-state index contributed by atoms with van der Waals surface area (Å²) in [6.07, 6.45) is -8.96. The van der Waals surface area contributed by atoms with E-state index in [4.69, 9.17) is 9.47 Å². The number of carboxylic acids is 1. The van der Waals surface area contributed by atoms with Crippen LogP contribution in [0, 0.1) is 10.8 Å². The normalized spacial score (nSPS) is 18.8. The third-order valence-corrected chi connectivity index (χ3v) is 10.9. The van der Waals surface area contributed by atoms with Crippen LogP contribution in [0.2, 0.25) is 0 Å². The van der Waals surface area contributed by atoms with E-state index in [0.717, 1.165) is 54.9 Å². The minimum Gasteiger partial charge on any atom is -0.496 e. The molecule has 1 atom stereocenters. The first kappa shape index (κ1) is 40.2. The molecule has 0 radical (unpaired) electrons. The molecule has 1 amide bonds. The number of hydrogen-bond donors (Lipinski definition) is 2. The lowest BCUT2D eigenvalue weighted by Gasteiger charge is -2.42. The molecule has 14 heteroatoms. The maximum absolute atomic E-state index is 14.5. The van der Waals surface area contributed by atoms with E-state index in [2.05, 4.69) is 24.1 Å². The van der Waals surface area contributed by atoms with Crippen molar-refractivity contribution in [2.75, 3.05) is 53.5 Å². The van der Waals surface area contributed by atoms with E-state index in [-0.39, 0.29) is 6.42 Å². The number of likely N-dealkylation sites (tertiary alicyclic amines) is 2. The molecule has 2 fully saturated rings. The number of amides is 1. The highest BCUT2D eigenvalue weighted by atomic mass is 19.4. The molecular formula is C39H47F6N3O5. The number of rotatable bonds is 12. The van der Waals surface area contributed by atoms with Gasteiger partial charge in [0.15, 0.2) is 0 Å². The van der Waals surface area contributed by atoms with Gasteiger partial charge in [0.05, 0.1) is 26.3 Å². The Labute approximate surface area is 305 Å². The molecule has 0 saturated carbocycles. The molecule has 2 saturated heterocycles. The van der Waals surface area contributed by atoms with Crippen LogP contribution in [0.25, 0.3) is 21.9 Å². The molecule has 0 bridgehead atoms. The summed E-state index contributed by atoms with van der Waals surface area (Å²) in [6.45, 7) is 4.81. The lowest BCUT2D eigenvalue weighted by atomic mass is 9.76. The summed E-state index contributed by atoms with van der Waals surface area (Å²) in [6, 6.07) is 12.7. The lowest BCUT2D eigenvalue weighted by molar-refractivity contribution is -0.236. The Bertz CT molecular complexity index is 1780. The molecule has 2 aliphatic rings. The Morgan fingerprint density at radius 3 is 2.04 bits per heavy atom. The Kier molecular flexibility index (Phi) is 11.9. The van der Waals surface area contributed by atoms with Crippen LogP contribution < -0.4 is 14.8 Å². The number of methoxy groups -OCH3 is 2. The van der Waals surface area contributed by atoms with Gasteiger partial charge in [0, 0.05) is 13.0 Å². The van der Waals surface area contributed by atoms with Crippen LogP contribution in [0.3, 0.4) is 0 Å². The van der Waals surface area contributed by atoms with Crippen molar-refractivity contribution in [3.05, 3.63) is 59.7 Å². The van der Waals surface area contributed by atoms with Gasteiger partial charge in [0.2, 0.25) is 5.91 Å². The van der Waals surface area contributed by atoms with Gasteiger partial charge in [-0.2, -0.15) is 26.3 Å². The molecule has 0 spiro atoms. The minimum atomic E-state index is -5.11. The van der Waals surface area contributed by atoms with Crippen molar-refractivity contribution in [2.45, 2.75) is 70.8 Å². The van der Waals surface area contributed by atoms with E-state index in [1.807, 2.05) is 24.3 Å². The fourth-order valence-corrected chi connectivity index (χ4v) is 7.60. The Morgan fingerprint density at radius 1 is 0.830 bits per heavy atom. The molecule has 2 N–H and O–H groups in total. The standard InChI is InChI=1S/C39H47F6N3O5/c1-36(2)14-19-47(20-15-36)18-13-25-11-12-31(52-3)32(33(25)53-4)29-10-6-8-27-26(7-5-9-28(27)29)23-30(34(49)50)46-35(51)37(39(43,44)45)16-21-48(22-17-37)24-38(40,41)42/h5-12,30H,13-24H2,1-4H3,(H,46,51)(H,49,50)/t30-/m0/s1. The Morgan fingerprint density at radius 2 is 1.45 bits per heavy atom. The fourth-order valence-electron chi connectivity index (χ4n) is 7.60. The third kappa shape index (κ3) is 9.02.